The molecule has 3 aliphatic heterocycles. The third kappa shape index (κ3) is 32.0. The number of alkyl carbamates (subject to hydrolysis) is 2. The molecule has 0 aromatic heterocycles. The maximum atomic E-state index is 11.6. The van der Waals surface area contributed by atoms with Crippen molar-refractivity contribution in [2.45, 2.75) is 109 Å². The maximum Gasteiger partial charge on any atom is 0.407 e. The minimum absolute atomic E-state index is 0. The number of piperidine rings is 3. The maximum absolute atomic E-state index is 11.6. The summed E-state index contributed by atoms with van der Waals surface area (Å²) in [7, 11) is 4.15. The van der Waals surface area contributed by atoms with Gasteiger partial charge >= 0.3 is 30.1 Å². The summed E-state index contributed by atoms with van der Waals surface area (Å²) in [6.45, 7) is 17.2. The Morgan fingerprint density at radius 2 is 1.00 bits per heavy atom. The second kappa shape index (κ2) is 30.2. The highest BCUT2D eigenvalue weighted by atomic mass is 79.9. The zero-order valence-electron chi connectivity index (χ0n) is 33.4. The number of likely N-dealkylation sites (tertiary alicyclic amines) is 2. The van der Waals surface area contributed by atoms with E-state index in [1.165, 1.54) is 21.3 Å². The lowest BCUT2D eigenvalue weighted by atomic mass is 10.1. The van der Waals surface area contributed by atoms with Crippen LogP contribution < -0.4 is 21.7 Å². The van der Waals surface area contributed by atoms with Gasteiger partial charge < -0.3 is 45.4 Å². The van der Waals surface area contributed by atoms with Crippen LogP contribution >= 0.6 is 38.2 Å². The quantitative estimate of drug-likeness (QED) is 0.126. The Labute approximate surface area is 334 Å². The molecular weight excluding hydrogens is 799 g/mol. The van der Waals surface area contributed by atoms with Gasteiger partial charge in [0, 0.05) is 44.3 Å². The molecular formula is C34H69BrClN6O10P. The van der Waals surface area contributed by atoms with E-state index in [4.69, 9.17) is 15.2 Å². The van der Waals surface area contributed by atoms with Crippen LogP contribution in [-0.4, -0.2) is 148 Å². The van der Waals surface area contributed by atoms with Crippen LogP contribution in [0.1, 0.15) is 80.1 Å². The summed E-state index contributed by atoms with van der Waals surface area (Å²) in [6, 6.07) is 0.703. The van der Waals surface area contributed by atoms with E-state index < -0.39 is 11.2 Å². The van der Waals surface area contributed by atoms with Gasteiger partial charge in [0.25, 0.3) is 0 Å². The van der Waals surface area contributed by atoms with Crippen molar-refractivity contribution in [2.75, 3.05) is 79.0 Å². The van der Waals surface area contributed by atoms with Crippen molar-refractivity contribution in [1.82, 2.24) is 25.8 Å². The number of hydrogen-bond donors (Lipinski definition) is 4. The molecule has 0 spiro atoms. The van der Waals surface area contributed by atoms with Crippen molar-refractivity contribution < 1.29 is 47.7 Å². The fourth-order valence-corrected chi connectivity index (χ4v) is 5.04. The Kier molecular flexibility index (Phi) is 31.6. The van der Waals surface area contributed by atoms with Gasteiger partial charge in [0.05, 0.1) is 34.4 Å². The molecule has 0 aliphatic carbocycles. The lowest BCUT2D eigenvalue weighted by molar-refractivity contribution is -0.143. The highest BCUT2D eigenvalue weighted by Crippen LogP contribution is 2.13. The molecule has 0 aromatic carbocycles. The third-order valence-electron chi connectivity index (χ3n) is 7.50. The molecule has 19 heteroatoms. The molecule has 3 rings (SSSR count). The lowest BCUT2D eigenvalue weighted by Crippen LogP contribution is -2.47. The van der Waals surface area contributed by atoms with Gasteiger partial charge in [-0.1, -0.05) is 15.9 Å². The van der Waals surface area contributed by atoms with Crippen LogP contribution in [0.2, 0.25) is 0 Å². The molecule has 5 N–H and O–H groups in total. The second-order valence-electron chi connectivity index (χ2n) is 14.3. The Morgan fingerprint density at radius 1 is 0.660 bits per heavy atom. The second-order valence-corrected chi connectivity index (χ2v) is 14.9. The van der Waals surface area contributed by atoms with E-state index in [-0.39, 0.29) is 69.8 Å². The van der Waals surface area contributed by atoms with E-state index in [1.54, 1.807) is 0 Å². The minimum atomic E-state index is -0.477. The number of alkyl halides is 1. The first kappa shape index (κ1) is 55.3. The van der Waals surface area contributed by atoms with Crippen molar-refractivity contribution in [3.63, 3.8) is 0 Å². The first-order valence-electron chi connectivity index (χ1n) is 17.5. The van der Waals surface area contributed by atoms with E-state index >= 15 is 0 Å². The molecule has 3 aliphatic rings. The molecule has 3 fully saturated rings. The molecule has 1 unspecified atom stereocenters. The Bertz CT molecular complexity index is 1030. The van der Waals surface area contributed by atoms with Crippen LogP contribution in [0, 0.1) is 0 Å². The first-order chi connectivity index (χ1) is 23.8. The van der Waals surface area contributed by atoms with Gasteiger partial charge in [-0.2, -0.15) is 9.90 Å². The largest absolute Gasteiger partial charge is 0.468 e. The molecule has 1 atom stereocenters. The average molecular weight is 868 g/mol. The lowest BCUT2D eigenvalue weighted by Gasteiger charge is -2.32. The Hall–Kier alpha value is -2.01. The fraction of sp³-hybridized carbons (Fsp3) is 0.853. The van der Waals surface area contributed by atoms with E-state index in [9.17, 15) is 24.0 Å². The molecule has 0 bridgehead atoms. The van der Waals surface area contributed by atoms with Crippen molar-refractivity contribution in [2.24, 2.45) is 5.73 Å². The molecule has 16 nitrogen and oxygen atoms in total. The molecule has 314 valence electrons. The van der Waals surface area contributed by atoms with Crippen molar-refractivity contribution >= 4 is 68.3 Å². The number of nitrogens with zero attached hydrogens (tertiary/aromatic N) is 2. The van der Waals surface area contributed by atoms with Gasteiger partial charge in [-0.05, 0) is 93.2 Å². The van der Waals surface area contributed by atoms with Crippen LogP contribution in [0.5, 0.6) is 0 Å². The normalized spacial score (nSPS) is 17.0. The topological polar surface area (TPSA) is 200 Å². The van der Waals surface area contributed by atoms with E-state index in [1.807, 2.05) is 46.4 Å². The highest BCUT2D eigenvalue weighted by molar-refractivity contribution is 9.09. The average Bonchev–Trinajstić information content (AvgIpc) is 3.05. The van der Waals surface area contributed by atoms with Gasteiger partial charge in [0.2, 0.25) is 0 Å². The number of carbonyl (C=O) groups excluding carboxylic acids is 5. The first-order valence-corrected chi connectivity index (χ1v) is 18.6. The number of hydrogen-bond acceptors (Lipinski definition) is 14. The predicted octanol–water partition coefficient (Wildman–Crippen LogP) is 3.03. The Morgan fingerprint density at radius 3 is 1.30 bits per heavy atom. The minimum Gasteiger partial charge on any atom is -0.468 e. The monoisotopic (exact) mass is 866 g/mol. The van der Waals surface area contributed by atoms with Crippen LogP contribution in [0.15, 0.2) is 0 Å². The smallest absolute Gasteiger partial charge is 0.407 e. The van der Waals surface area contributed by atoms with Crippen molar-refractivity contribution in [3.8, 4) is 0 Å². The third-order valence-corrected chi connectivity index (χ3v) is 7.96. The summed E-state index contributed by atoms with van der Waals surface area (Å²) in [5, 5.41) is 9.26. The number of amides is 2. The summed E-state index contributed by atoms with van der Waals surface area (Å²) in [5.41, 5.74) is 4.84. The van der Waals surface area contributed by atoms with Crippen LogP contribution in [0.3, 0.4) is 0 Å². The summed E-state index contributed by atoms with van der Waals surface area (Å²) >= 11 is 2.90. The molecule has 0 aromatic rings. The van der Waals surface area contributed by atoms with Gasteiger partial charge in [-0.25, -0.2) is 9.59 Å². The zero-order valence-corrected chi connectivity index (χ0v) is 37.2. The predicted molar refractivity (Wildman–Crippen MR) is 216 cm³/mol. The van der Waals surface area contributed by atoms with E-state index in [0.717, 1.165) is 77.8 Å². The fourth-order valence-electron chi connectivity index (χ4n) is 4.81. The number of esters is 3. The number of methoxy groups -OCH3 is 3. The van der Waals surface area contributed by atoms with Crippen molar-refractivity contribution in [1.29, 1.82) is 0 Å². The summed E-state index contributed by atoms with van der Waals surface area (Å²) < 4.78 is 23.8. The standard InChI is InChI=1S/C13H24N2O4.C10H20N2O2.C8H16N2O2.C3H5BrO2.ClH.H3P/c1-13(2,3)19-12(17)14-10-5-7-15(8-6-10)9-11(16)18-4;1-10(2,3)14-9(13)12-8-4-6-11-7-5-8;1-12-8(11)6-10-4-2-7(9)3-5-10;1-6-3(5)2-4;;/h10H,5-9H2,1-4H3,(H,14,17);8,11H,4-7H2,1-3H3,(H,12,13);7H,2-6,9H2,1H3;2H2,1H3;1H;1H3. The number of halogens is 2. The molecule has 3 heterocycles. The van der Waals surface area contributed by atoms with Crippen LogP contribution in [0.4, 0.5) is 9.59 Å². The van der Waals surface area contributed by atoms with Gasteiger partial charge in [0.15, 0.2) is 0 Å². The molecule has 2 amide bonds. The van der Waals surface area contributed by atoms with Gasteiger partial charge in [-0.15, -0.1) is 12.4 Å². The van der Waals surface area contributed by atoms with E-state index in [0.29, 0.717) is 19.1 Å². The number of nitrogens with two attached hydrogens (primary N) is 1. The summed E-state index contributed by atoms with van der Waals surface area (Å²) in [5.74, 6) is -0.626. The van der Waals surface area contributed by atoms with E-state index in [2.05, 4.69) is 51.0 Å². The summed E-state index contributed by atoms with van der Waals surface area (Å²) in [6.07, 6.45) is 4.89. The number of nitrogens with one attached hydrogen (secondary N) is 3. The number of carbonyl (C=O) groups is 5. The molecule has 53 heavy (non-hydrogen) atoms. The van der Waals surface area contributed by atoms with Gasteiger partial charge in [0.1, 0.15) is 16.5 Å². The Balaban J connectivity index is -0.000000658. The molecule has 3 saturated heterocycles. The van der Waals surface area contributed by atoms with Crippen molar-refractivity contribution in [3.05, 3.63) is 0 Å². The molecule has 0 saturated carbocycles. The zero-order chi connectivity index (χ0) is 39.0. The summed E-state index contributed by atoms with van der Waals surface area (Å²) in [4.78, 5) is 59.0. The molecule has 0 radical (unpaired) electrons. The SMILES string of the molecule is CC(C)(C)OC(=O)NC1CCNCC1.COC(=O)CBr.COC(=O)CN1CCC(N)CC1.COC(=O)CN1CCC(NC(=O)OC(C)(C)C)CC1.Cl.P. The van der Waals surface area contributed by atoms with Crippen LogP contribution in [-0.2, 0) is 38.1 Å². The highest BCUT2D eigenvalue weighted by Gasteiger charge is 2.25. The number of ether oxygens (including phenoxy) is 5. The van der Waals surface area contributed by atoms with Crippen LogP contribution in [0.25, 0.3) is 0 Å². The van der Waals surface area contributed by atoms with Gasteiger partial charge in [-0.3, -0.25) is 24.2 Å². The number of rotatable bonds is 7.